The molecule has 0 N–H and O–H groups in total. The van der Waals surface area contributed by atoms with Crippen molar-refractivity contribution in [1.29, 1.82) is 0 Å². The summed E-state index contributed by atoms with van der Waals surface area (Å²) in [5, 5.41) is 2.75. The van der Waals surface area contributed by atoms with Gasteiger partial charge in [0.2, 0.25) is 5.91 Å². The van der Waals surface area contributed by atoms with Crippen LogP contribution in [0.3, 0.4) is 0 Å². The molecule has 0 spiro atoms. The molecule has 0 radical (unpaired) electrons. The molecule has 0 saturated carbocycles. The van der Waals surface area contributed by atoms with Crippen LogP contribution in [0.1, 0.15) is 5.01 Å². The second kappa shape index (κ2) is 6.58. The molecule has 2 rings (SSSR count). The highest BCUT2D eigenvalue weighted by atomic mass is 32.1. The summed E-state index contributed by atoms with van der Waals surface area (Å²) in [6.45, 7) is 0. The van der Waals surface area contributed by atoms with Gasteiger partial charge in [-0.15, -0.1) is 11.3 Å². The Morgan fingerprint density at radius 3 is 2.57 bits per heavy atom. The van der Waals surface area contributed by atoms with Crippen LogP contribution in [0.2, 0.25) is 0 Å². The zero-order valence-corrected chi connectivity index (χ0v) is 13.4. The molecule has 0 fully saturated rings. The van der Waals surface area contributed by atoms with E-state index in [-0.39, 0.29) is 5.91 Å². The molecule has 1 aromatic heterocycles. The number of aromatic nitrogens is 1. The molecular weight excluding hydrogens is 288 g/mol. The fraction of sp³-hybridized carbons (Fsp3) is 0.333. The minimum absolute atomic E-state index is 0.0446. The van der Waals surface area contributed by atoms with E-state index in [9.17, 15) is 4.79 Å². The lowest BCUT2D eigenvalue weighted by atomic mass is 10.1. The Balaban J connectivity index is 2.23. The van der Waals surface area contributed by atoms with Gasteiger partial charge in [-0.1, -0.05) is 0 Å². The molecular formula is C15H18N2O3S. The maximum absolute atomic E-state index is 11.7. The lowest BCUT2D eigenvalue weighted by Crippen LogP contribution is -2.23. The Morgan fingerprint density at radius 1 is 1.24 bits per heavy atom. The van der Waals surface area contributed by atoms with Crippen LogP contribution in [0.5, 0.6) is 11.5 Å². The molecule has 2 aromatic rings. The summed E-state index contributed by atoms with van der Waals surface area (Å²) in [7, 11) is 6.69. The normalized spacial score (nSPS) is 10.3. The van der Waals surface area contributed by atoms with E-state index in [1.54, 1.807) is 33.2 Å². The average Bonchev–Trinajstić information content (AvgIpc) is 2.94. The van der Waals surface area contributed by atoms with Crippen molar-refractivity contribution in [3.63, 3.8) is 0 Å². The van der Waals surface area contributed by atoms with Gasteiger partial charge in [0.15, 0.2) is 11.5 Å². The lowest BCUT2D eigenvalue weighted by Gasteiger charge is -2.08. The Kier molecular flexibility index (Phi) is 4.80. The summed E-state index contributed by atoms with van der Waals surface area (Å²) < 4.78 is 10.5. The number of benzene rings is 1. The highest BCUT2D eigenvalue weighted by Gasteiger charge is 2.12. The molecule has 0 aliphatic rings. The first kappa shape index (κ1) is 15.3. The van der Waals surface area contributed by atoms with Crippen LogP contribution in [0, 0.1) is 0 Å². The second-order valence-electron chi connectivity index (χ2n) is 4.66. The van der Waals surface area contributed by atoms with Crippen LogP contribution in [0.15, 0.2) is 23.6 Å². The summed E-state index contributed by atoms with van der Waals surface area (Å²) in [4.78, 5) is 17.8. The van der Waals surface area contributed by atoms with E-state index in [0.717, 1.165) is 16.3 Å². The molecule has 0 aliphatic heterocycles. The van der Waals surface area contributed by atoms with Crippen LogP contribution in [0.25, 0.3) is 11.3 Å². The van der Waals surface area contributed by atoms with Crippen molar-refractivity contribution in [2.75, 3.05) is 28.3 Å². The van der Waals surface area contributed by atoms with Gasteiger partial charge >= 0.3 is 0 Å². The van der Waals surface area contributed by atoms with Gasteiger partial charge in [0.1, 0.15) is 5.01 Å². The molecule has 1 amide bonds. The number of likely N-dealkylation sites (N-methyl/N-ethyl adjacent to an activating group) is 1. The van der Waals surface area contributed by atoms with Gasteiger partial charge in [-0.2, -0.15) is 0 Å². The van der Waals surface area contributed by atoms with Crippen LogP contribution in [-0.4, -0.2) is 44.1 Å². The van der Waals surface area contributed by atoms with E-state index in [1.165, 1.54) is 11.3 Å². The number of ether oxygens (including phenoxy) is 2. The van der Waals surface area contributed by atoms with Gasteiger partial charge < -0.3 is 14.4 Å². The molecule has 0 atom stereocenters. The zero-order chi connectivity index (χ0) is 15.4. The standard InChI is InChI=1S/C15H18N2O3S/c1-17(2)15(18)8-14-16-11(9-21-14)10-5-6-12(19-3)13(7-10)20-4/h5-7,9H,8H2,1-4H3. The van der Waals surface area contributed by atoms with Gasteiger partial charge in [0, 0.05) is 25.0 Å². The van der Waals surface area contributed by atoms with Crippen LogP contribution < -0.4 is 9.47 Å². The number of carbonyl (C=O) groups excluding carboxylic acids is 1. The predicted molar refractivity (Wildman–Crippen MR) is 83.1 cm³/mol. The third kappa shape index (κ3) is 3.52. The summed E-state index contributed by atoms with van der Waals surface area (Å²) in [6, 6.07) is 5.65. The van der Waals surface area contributed by atoms with Crippen molar-refractivity contribution in [3.05, 3.63) is 28.6 Å². The Hall–Kier alpha value is -2.08. The maximum atomic E-state index is 11.7. The third-order valence-corrected chi connectivity index (χ3v) is 3.88. The second-order valence-corrected chi connectivity index (χ2v) is 5.60. The van der Waals surface area contributed by atoms with Crippen molar-refractivity contribution in [2.24, 2.45) is 0 Å². The van der Waals surface area contributed by atoms with Crippen molar-refractivity contribution >= 4 is 17.2 Å². The quantitative estimate of drug-likeness (QED) is 0.851. The fourth-order valence-electron chi connectivity index (χ4n) is 1.81. The zero-order valence-electron chi connectivity index (χ0n) is 12.5. The van der Waals surface area contributed by atoms with Gasteiger partial charge in [-0.25, -0.2) is 4.98 Å². The molecule has 112 valence electrons. The van der Waals surface area contributed by atoms with E-state index in [1.807, 2.05) is 23.6 Å². The first-order chi connectivity index (χ1) is 10.0. The van der Waals surface area contributed by atoms with Crippen molar-refractivity contribution < 1.29 is 14.3 Å². The first-order valence-electron chi connectivity index (χ1n) is 6.42. The molecule has 21 heavy (non-hydrogen) atoms. The smallest absolute Gasteiger partial charge is 0.228 e. The average molecular weight is 306 g/mol. The molecule has 0 unspecified atom stereocenters. The maximum Gasteiger partial charge on any atom is 0.228 e. The number of rotatable bonds is 5. The van der Waals surface area contributed by atoms with E-state index < -0.39 is 0 Å². The third-order valence-electron chi connectivity index (χ3n) is 3.03. The van der Waals surface area contributed by atoms with E-state index in [4.69, 9.17) is 9.47 Å². The van der Waals surface area contributed by atoms with Crippen LogP contribution in [-0.2, 0) is 11.2 Å². The molecule has 1 aromatic carbocycles. The molecule has 0 saturated heterocycles. The number of amides is 1. The van der Waals surface area contributed by atoms with Crippen LogP contribution >= 0.6 is 11.3 Å². The number of thiazole rings is 1. The summed E-state index contributed by atoms with van der Waals surface area (Å²) >= 11 is 1.48. The summed E-state index contributed by atoms with van der Waals surface area (Å²) in [5.74, 6) is 1.39. The largest absolute Gasteiger partial charge is 0.493 e. The Morgan fingerprint density at radius 2 is 1.95 bits per heavy atom. The SMILES string of the molecule is COc1ccc(-c2csc(CC(=O)N(C)C)n2)cc1OC. The van der Waals surface area contributed by atoms with E-state index in [0.29, 0.717) is 17.9 Å². The van der Waals surface area contributed by atoms with Gasteiger partial charge in [-0.05, 0) is 18.2 Å². The molecule has 5 nitrogen and oxygen atoms in total. The minimum atomic E-state index is 0.0446. The number of methoxy groups -OCH3 is 2. The highest BCUT2D eigenvalue weighted by molar-refractivity contribution is 7.10. The van der Waals surface area contributed by atoms with Crippen LogP contribution in [0.4, 0.5) is 0 Å². The summed E-state index contributed by atoms with van der Waals surface area (Å²) in [6.07, 6.45) is 0.324. The van der Waals surface area contributed by atoms with Crippen molar-refractivity contribution in [3.8, 4) is 22.8 Å². The molecule has 6 heteroatoms. The monoisotopic (exact) mass is 306 g/mol. The van der Waals surface area contributed by atoms with E-state index in [2.05, 4.69) is 4.98 Å². The lowest BCUT2D eigenvalue weighted by molar-refractivity contribution is -0.127. The van der Waals surface area contributed by atoms with E-state index >= 15 is 0 Å². The van der Waals surface area contributed by atoms with Crippen molar-refractivity contribution in [2.45, 2.75) is 6.42 Å². The molecule has 0 bridgehead atoms. The fourth-order valence-corrected chi connectivity index (χ4v) is 2.60. The number of nitrogens with zero attached hydrogens (tertiary/aromatic N) is 2. The van der Waals surface area contributed by atoms with Crippen molar-refractivity contribution in [1.82, 2.24) is 9.88 Å². The Bertz CT molecular complexity index is 638. The Labute approximate surface area is 128 Å². The minimum Gasteiger partial charge on any atom is -0.493 e. The van der Waals surface area contributed by atoms with Gasteiger partial charge in [-0.3, -0.25) is 4.79 Å². The predicted octanol–water partition coefficient (Wildman–Crippen LogP) is 2.46. The molecule has 1 heterocycles. The topological polar surface area (TPSA) is 51.7 Å². The molecule has 0 aliphatic carbocycles. The van der Waals surface area contributed by atoms with Gasteiger partial charge in [0.25, 0.3) is 0 Å². The highest BCUT2D eigenvalue weighted by Crippen LogP contribution is 2.32. The number of carbonyl (C=O) groups is 1. The first-order valence-corrected chi connectivity index (χ1v) is 7.30. The van der Waals surface area contributed by atoms with Gasteiger partial charge in [0.05, 0.1) is 26.3 Å². The number of hydrogen-bond donors (Lipinski definition) is 0. The summed E-state index contributed by atoms with van der Waals surface area (Å²) in [5.41, 5.74) is 1.77. The number of hydrogen-bond acceptors (Lipinski definition) is 5.